The van der Waals surface area contributed by atoms with E-state index in [1.807, 2.05) is 43.1 Å². The zero-order valence-corrected chi connectivity index (χ0v) is 14.9. The molecule has 0 bridgehead atoms. The van der Waals surface area contributed by atoms with E-state index < -0.39 is 0 Å². The Morgan fingerprint density at radius 2 is 2.12 bits per heavy atom. The number of nitrogens with zero attached hydrogens (tertiary/aromatic N) is 3. The van der Waals surface area contributed by atoms with Crippen molar-refractivity contribution in [3.63, 3.8) is 0 Å². The van der Waals surface area contributed by atoms with E-state index >= 15 is 0 Å². The number of piperidine rings is 1. The number of para-hydroxylation sites is 1. The molecule has 25 heavy (non-hydrogen) atoms. The van der Waals surface area contributed by atoms with Gasteiger partial charge in [0.15, 0.2) is 5.69 Å². The molecule has 6 nitrogen and oxygen atoms in total. The molecule has 0 aliphatic carbocycles. The van der Waals surface area contributed by atoms with Crippen LogP contribution in [0.15, 0.2) is 24.3 Å². The number of amides is 1. The van der Waals surface area contributed by atoms with Gasteiger partial charge >= 0.3 is 0 Å². The molecular weight excluding hydrogens is 318 g/mol. The van der Waals surface area contributed by atoms with Gasteiger partial charge in [-0.1, -0.05) is 18.2 Å². The Morgan fingerprint density at radius 3 is 2.88 bits per heavy atom. The number of carbonyl (C=O) groups excluding carboxylic acids is 1. The van der Waals surface area contributed by atoms with Gasteiger partial charge in [0.25, 0.3) is 5.91 Å². The van der Waals surface area contributed by atoms with E-state index in [0.717, 1.165) is 36.8 Å². The molecule has 0 radical (unpaired) electrons. The summed E-state index contributed by atoms with van der Waals surface area (Å²) in [5, 5.41) is 5.38. The van der Waals surface area contributed by atoms with E-state index in [1.54, 1.807) is 4.68 Å². The Hall–Kier alpha value is -1.92. The number of fused-ring (bicyclic) bond motifs is 1. The Kier molecular flexibility index (Phi) is 4.25. The zero-order chi connectivity index (χ0) is 17.4. The second-order valence-corrected chi connectivity index (χ2v) is 7.06. The van der Waals surface area contributed by atoms with Crippen molar-refractivity contribution in [3.05, 3.63) is 30.0 Å². The number of aromatic nitrogens is 2. The minimum atomic E-state index is -0.108. The van der Waals surface area contributed by atoms with Crippen molar-refractivity contribution in [1.82, 2.24) is 14.7 Å². The molecule has 4 rings (SSSR count). The topological polar surface area (TPSA) is 56.6 Å². The second-order valence-electron chi connectivity index (χ2n) is 7.06. The highest BCUT2D eigenvalue weighted by atomic mass is 16.6. The molecule has 1 aromatic heterocycles. The Balaban J connectivity index is 1.46. The number of ether oxygens (including phenoxy) is 2. The number of aryl methyl sites for hydroxylation is 1. The molecule has 2 aromatic rings. The molecule has 6 heteroatoms. The van der Waals surface area contributed by atoms with Crippen molar-refractivity contribution in [1.29, 1.82) is 0 Å². The summed E-state index contributed by atoms with van der Waals surface area (Å²) < 4.78 is 13.6. The average Bonchev–Trinajstić information content (AvgIpc) is 3.18. The van der Waals surface area contributed by atoms with Gasteiger partial charge in [0.05, 0.1) is 23.8 Å². The van der Waals surface area contributed by atoms with Crippen LogP contribution < -0.4 is 0 Å². The van der Waals surface area contributed by atoms with Crippen molar-refractivity contribution in [2.75, 3.05) is 26.3 Å². The first-order valence-corrected chi connectivity index (χ1v) is 9.08. The summed E-state index contributed by atoms with van der Waals surface area (Å²) in [5.41, 5.74) is 1.43. The quantitative estimate of drug-likeness (QED) is 0.859. The summed E-state index contributed by atoms with van der Waals surface area (Å²) >= 11 is 0. The van der Waals surface area contributed by atoms with Crippen LogP contribution in [-0.4, -0.2) is 58.6 Å². The largest absolute Gasteiger partial charge is 0.376 e. The van der Waals surface area contributed by atoms with Crippen LogP contribution in [-0.2, 0) is 16.5 Å². The minimum absolute atomic E-state index is 0.0194. The molecule has 1 unspecified atom stereocenters. The molecule has 1 atom stereocenters. The van der Waals surface area contributed by atoms with Gasteiger partial charge in [-0.05, 0) is 25.8 Å². The van der Waals surface area contributed by atoms with E-state index in [4.69, 9.17) is 9.47 Å². The monoisotopic (exact) mass is 343 g/mol. The predicted molar refractivity (Wildman–Crippen MR) is 94.6 cm³/mol. The number of likely N-dealkylation sites (tertiary alicyclic amines) is 1. The lowest BCUT2D eigenvalue weighted by Crippen LogP contribution is -2.46. The predicted octanol–water partition coefficient (Wildman–Crippen LogP) is 2.37. The SMILES string of the molecule is CCOC1COC2(CCN(C(=O)c3nn(C)c4ccccc34)CC2)C1. The van der Waals surface area contributed by atoms with Gasteiger partial charge in [-0.3, -0.25) is 9.48 Å². The molecular formula is C19H25N3O3. The summed E-state index contributed by atoms with van der Waals surface area (Å²) in [6, 6.07) is 7.87. The van der Waals surface area contributed by atoms with Crippen LogP contribution in [0, 0.1) is 0 Å². The molecule has 2 fully saturated rings. The first kappa shape index (κ1) is 16.5. The summed E-state index contributed by atoms with van der Waals surface area (Å²) in [6.07, 6.45) is 2.88. The van der Waals surface area contributed by atoms with Crippen LogP contribution in [0.5, 0.6) is 0 Å². The number of hydrogen-bond donors (Lipinski definition) is 0. The third kappa shape index (κ3) is 2.93. The van der Waals surface area contributed by atoms with E-state index in [-0.39, 0.29) is 17.6 Å². The van der Waals surface area contributed by atoms with Crippen molar-refractivity contribution in [2.24, 2.45) is 7.05 Å². The summed E-state index contributed by atoms with van der Waals surface area (Å²) in [4.78, 5) is 14.9. The van der Waals surface area contributed by atoms with E-state index in [1.165, 1.54) is 0 Å². The summed E-state index contributed by atoms with van der Waals surface area (Å²) in [7, 11) is 1.88. The number of rotatable bonds is 3. The summed E-state index contributed by atoms with van der Waals surface area (Å²) in [6.45, 7) is 4.84. The zero-order valence-electron chi connectivity index (χ0n) is 14.9. The van der Waals surface area contributed by atoms with Crippen molar-refractivity contribution >= 4 is 16.8 Å². The molecule has 0 saturated carbocycles. The molecule has 3 heterocycles. The molecule has 2 aliphatic heterocycles. The van der Waals surface area contributed by atoms with Crippen LogP contribution in [0.2, 0.25) is 0 Å². The van der Waals surface area contributed by atoms with Gasteiger partial charge in [-0.15, -0.1) is 0 Å². The smallest absolute Gasteiger partial charge is 0.275 e. The molecule has 2 aliphatic rings. The molecule has 2 saturated heterocycles. The highest BCUT2D eigenvalue weighted by Crippen LogP contribution is 2.37. The van der Waals surface area contributed by atoms with Gasteiger partial charge in [0, 0.05) is 38.6 Å². The fourth-order valence-electron chi connectivity index (χ4n) is 4.13. The molecule has 0 N–H and O–H groups in total. The Labute approximate surface area is 147 Å². The maximum Gasteiger partial charge on any atom is 0.275 e. The molecule has 134 valence electrons. The maximum atomic E-state index is 13.0. The lowest BCUT2D eigenvalue weighted by Gasteiger charge is -2.38. The van der Waals surface area contributed by atoms with E-state index in [0.29, 0.717) is 25.4 Å². The van der Waals surface area contributed by atoms with Crippen LogP contribution in [0.25, 0.3) is 10.9 Å². The van der Waals surface area contributed by atoms with Gasteiger partial charge < -0.3 is 14.4 Å². The third-order valence-corrected chi connectivity index (χ3v) is 5.50. The van der Waals surface area contributed by atoms with Crippen LogP contribution in [0.3, 0.4) is 0 Å². The first-order chi connectivity index (χ1) is 12.1. The van der Waals surface area contributed by atoms with Crippen LogP contribution in [0.1, 0.15) is 36.7 Å². The van der Waals surface area contributed by atoms with E-state index in [2.05, 4.69) is 5.10 Å². The number of hydrogen-bond acceptors (Lipinski definition) is 4. The lowest BCUT2D eigenvalue weighted by molar-refractivity contribution is -0.0408. The first-order valence-electron chi connectivity index (χ1n) is 9.08. The fourth-order valence-corrected chi connectivity index (χ4v) is 4.13. The normalized spacial score (nSPS) is 22.8. The van der Waals surface area contributed by atoms with Gasteiger partial charge in [0.2, 0.25) is 0 Å². The van der Waals surface area contributed by atoms with Crippen LogP contribution >= 0.6 is 0 Å². The maximum absolute atomic E-state index is 13.0. The molecule has 1 amide bonds. The second kappa shape index (κ2) is 6.42. The fraction of sp³-hybridized carbons (Fsp3) is 0.579. The Bertz CT molecular complexity index is 777. The van der Waals surface area contributed by atoms with Gasteiger partial charge in [-0.2, -0.15) is 5.10 Å². The standard InChI is InChI=1S/C19H25N3O3/c1-3-24-14-12-19(25-13-14)8-10-22(11-9-19)18(23)17-15-6-4-5-7-16(15)21(2)20-17/h4-7,14H,3,8-13H2,1-2H3. The van der Waals surface area contributed by atoms with E-state index in [9.17, 15) is 4.79 Å². The number of carbonyl (C=O) groups is 1. The highest BCUT2D eigenvalue weighted by Gasteiger charge is 2.44. The van der Waals surface area contributed by atoms with Crippen molar-refractivity contribution in [3.8, 4) is 0 Å². The average molecular weight is 343 g/mol. The van der Waals surface area contributed by atoms with Gasteiger partial charge in [0.1, 0.15) is 0 Å². The summed E-state index contributed by atoms with van der Waals surface area (Å²) in [5.74, 6) is 0.0194. The Morgan fingerprint density at radius 1 is 1.36 bits per heavy atom. The lowest BCUT2D eigenvalue weighted by atomic mass is 9.88. The van der Waals surface area contributed by atoms with Crippen LogP contribution in [0.4, 0.5) is 0 Å². The number of benzene rings is 1. The van der Waals surface area contributed by atoms with Crippen molar-refractivity contribution in [2.45, 2.75) is 37.9 Å². The molecule has 1 spiro atoms. The minimum Gasteiger partial charge on any atom is -0.376 e. The van der Waals surface area contributed by atoms with Crippen molar-refractivity contribution < 1.29 is 14.3 Å². The molecule has 1 aromatic carbocycles. The third-order valence-electron chi connectivity index (χ3n) is 5.50. The van der Waals surface area contributed by atoms with Gasteiger partial charge in [-0.25, -0.2) is 0 Å². The highest BCUT2D eigenvalue weighted by molar-refractivity contribution is 6.04.